The molecule has 0 saturated heterocycles. The third-order valence-corrected chi connectivity index (χ3v) is 1.82. The molecule has 1 aromatic rings. The van der Waals surface area contributed by atoms with Gasteiger partial charge in [-0.1, -0.05) is 42.5 Å². The fourth-order valence-electron chi connectivity index (χ4n) is 0.949. The minimum absolute atomic E-state index is 0.222. The molecule has 2 heteroatoms. The maximum Gasteiger partial charge on any atom is 0.0872 e. The Balaban J connectivity index is 2.59. The van der Waals surface area contributed by atoms with Crippen molar-refractivity contribution in [3.8, 4) is 0 Å². The highest BCUT2D eigenvalue weighted by molar-refractivity contribution is 5.49. The van der Waals surface area contributed by atoms with Crippen LogP contribution in [0, 0.1) is 0 Å². The summed E-state index contributed by atoms with van der Waals surface area (Å²) in [4.78, 5) is 0. The smallest absolute Gasteiger partial charge is 0.0872 e. The van der Waals surface area contributed by atoms with Crippen LogP contribution in [-0.4, -0.2) is 17.3 Å². The third kappa shape index (κ3) is 3.40. The summed E-state index contributed by atoms with van der Waals surface area (Å²) in [5.41, 5.74) is 6.57. The van der Waals surface area contributed by atoms with E-state index >= 15 is 0 Å². The number of rotatable bonds is 3. The second-order valence-corrected chi connectivity index (χ2v) is 3.12. The van der Waals surface area contributed by atoms with Crippen molar-refractivity contribution in [3.05, 3.63) is 42.0 Å². The average molecular weight is 177 g/mol. The maximum absolute atomic E-state index is 9.38. The molecule has 2 nitrogen and oxygen atoms in total. The Hall–Kier alpha value is -1.12. The average Bonchev–Trinajstić information content (AvgIpc) is 2.15. The zero-order valence-corrected chi connectivity index (χ0v) is 7.72. The largest absolute Gasteiger partial charge is 0.387 e. The predicted octanol–water partition coefficient (Wildman–Crippen LogP) is 1.41. The van der Waals surface area contributed by atoms with E-state index < -0.39 is 6.10 Å². The molecule has 1 aromatic carbocycles. The van der Waals surface area contributed by atoms with Crippen molar-refractivity contribution in [2.75, 3.05) is 0 Å². The summed E-state index contributed by atoms with van der Waals surface area (Å²) in [6.07, 6.45) is 3.01. The van der Waals surface area contributed by atoms with Gasteiger partial charge in [0, 0.05) is 6.04 Å². The highest BCUT2D eigenvalue weighted by Gasteiger charge is 2.03. The number of benzene rings is 1. The molecule has 0 aliphatic rings. The molecule has 13 heavy (non-hydrogen) atoms. The molecular weight excluding hydrogens is 162 g/mol. The molecular formula is C11H15NO. The lowest BCUT2D eigenvalue weighted by molar-refractivity contribution is 0.199. The van der Waals surface area contributed by atoms with Crippen LogP contribution in [0.5, 0.6) is 0 Å². The first-order valence-corrected chi connectivity index (χ1v) is 4.37. The third-order valence-electron chi connectivity index (χ3n) is 1.82. The van der Waals surface area contributed by atoms with Crippen LogP contribution < -0.4 is 5.73 Å². The van der Waals surface area contributed by atoms with Gasteiger partial charge in [0.15, 0.2) is 0 Å². The molecule has 70 valence electrons. The van der Waals surface area contributed by atoms with E-state index in [0.29, 0.717) is 0 Å². The van der Waals surface area contributed by atoms with E-state index in [1.165, 1.54) is 0 Å². The number of aliphatic hydroxyl groups is 1. The van der Waals surface area contributed by atoms with Crippen LogP contribution in [0.25, 0.3) is 6.08 Å². The number of hydrogen-bond donors (Lipinski definition) is 2. The van der Waals surface area contributed by atoms with Crippen molar-refractivity contribution in [2.24, 2.45) is 5.73 Å². The van der Waals surface area contributed by atoms with Crippen molar-refractivity contribution < 1.29 is 5.11 Å². The normalized spacial score (nSPS) is 15.9. The molecule has 0 unspecified atom stereocenters. The quantitative estimate of drug-likeness (QED) is 0.733. The van der Waals surface area contributed by atoms with Crippen molar-refractivity contribution in [2.45, 2.75) is 19.1 Å². The SMILES string of the molecule is C[C@H](N)[C@H](O)/C=C/c1ccccc1. The first kappa shape index (κ1) is 9.96. The lowest BCUT2D eigenvalue weighted by Gasteiger charge is -2.08. The Bertz CT molecular complexity index is 267. The summed E-state index contributed by atoms with van der Waals surface area (Å²) in [5, 5.41) is 9.38. The Morgan fingerprint density at radius 1 is 1.31 bits per heavy atom. The molecule has 0 spiro atoms. The molecule has 1 rings (SSSR count). The first-order valence-electron chi connectivity index (χ1n) is 4.37. The molecule has 0 bridgehead atoms. The Morgan fingerprint density at radius 3 is 2.46 bits per heavy atom. The molecule has 0 amide bonds. The van der Waals surface area contributed by atoms with Gasteiger partial charge in [0.2, 0.25) is 0 Å². The minimum Gasteiger partial charge on any atom is -0.387 e. The molecule has 0 aliphatic heterocycles. The van der Waals surface area contributed by atoms with Crippen LogP contribution in [0.4, 0.5) is 0 Å². The van der Waals surface area contributed by atoms with Gasteiger partial charge >= 0.3 is 0 Å². The summed E-state index contributed by atoms with van der Waals surface area (Å²) >= 11 is 0. The van der Waals surface area contributed by atoms with Gasteiger partial charge in [-0.25, -0.2) is 0 Å². The minimum atomic E-state index is -0.569. The summed E-state index contributed by atoms with van der Waals surface area (Å²) in [5.74, 6) is 0. The second-order valence-electron chi connectivity index (χ2n) is 3.12. The fraction of sp³-hybridized carbons (Fsp3) is 0.273. The van der Waals surface area contributed by atoms with Crippen molar-refractivity contribution in [1.29, 1.82) is 0 Å². The molecule has 0 saturated carbocycles. The Labute approximate surface area is 78.7 Å². The van der Waals surface area contributed by atoms with E-state index in [1.54, 1.807) is 13.0 Å². The number of nitrogens with two attached hydrogens (primary N) is 1. The monoisotopic (exact) mass is 177 g/mol. The maximum atomic E-state index is 9.38. The second kappa shape index (κ2) is 4.80. The van der Waals surface area contributed by atoms with Crippen LogP contribution in [0.15, 0.2) is 36.4 Å². The Morgan fingerprint density at radius 2 is 1.92 bits per heavy atom. The molecule has 3 N–H and O–H groups in total. The summed E-state index contributed by atoms with van der Waals surface area (Å²) in [7, 11) is 0. The zero-order chi connectivity index (χ0) is 9.68. The summed E-state index contributed by atoms with van der Waals surface area (Å²) < 4.78 is 0. The number of aliphatic hydroxyl groups excluding tert-OH is 1. The van der Waals surface area contributed by atoms with E-state index in [-0.39, 0.29) is 6.04 Å². The lowest BCUT2D eigenvalue weighted by atomic mass is 10.1. The van der Waals surface area contributed by atoms with Crippen LogP contribution in [-0.2, 0) is 0 Å². The summed E-state index contributed by atoms with van der Waals surface area (Å²) in [6.45, 7) is 1.78. The van der Waals surface area contributed by atoms with Crippen LogP contribution >= 0.6 is 0 Å². The lowest BCUT2D eigenvalue weighted by Crippen LogP contribution is -2.29. The molecule has 0 heterocycles. The first-order chi connectivity index (χ1) is 6.20. The van der Waals surface area contributed by atoms with Gasteiger partial charge in [-0.3, -0.25) is 0 Å². The topological polar surface area (TPSA) is 46.2 Å². The van der Waals surface area contributed by atoms with Gasteiger partial charge in [0.1, 0.15) is 0 Å². The van der Waals surface area contributed by atoms with Crippen molar-refractivity contribution >= 4 is 6.08 Å². The standard InChI is InChI=1S/C11H15NO/c1-9(12)11(13)8-7-10-5-3-2-4-6-10/h2-9,11,13H,12H2,1H3/b8-7+/t9-,11+/m0/s1. The molecule has 0 fully saturated rings. The molecule has 0 radical (unpaired) electrons. The van der Waals surface area contributed by atoms with Gasteiger partial charge in [-0.2, -0.15) is 0 Å². The van der Waals surface area contributed by atoms with Gasteiger partial charge in [0.05, 0.1) is 6.10 Å². The van der Waals surface area contributed by atoms with Gasteiger partial charge in [-0.05, 0) is 12.5 Å². The highest BCUT2D eigenvalue weighted by atomic mass is 16.3. The molecule has 2 atom stereocenters. The number of hydrogen-bond acceptors (Lipinski definition) is 2. The van der Waals surface area contributed by atoms with Gasteiger partial charge < -0.3 is 10.8 Å². The van der Waals surface area contributed by atoms with Crippen molar-refractivity contribution in [1.82, 2.24) is 0 Å². The predicted molar refractivity (Wildman–Crippen MR) is 55.1 cm³/mol. The zero-order valence-electron chi connectivity index (χ0n) is 7.72. The highest BCUT2D eigenvalue weighted by Crippen LogP contribution is 2.02. The summed E-state index contributed by atoms with van der Waals surface area (Å²) in [6, 6.07) is 9.60. The van der Waals surface area contributed by atoms with E-state index in [9.17, 15) is 5.11 Å². The van der Waals surface area contributed by atoms with Crippen LogP contribution in [0.3, 0.4) is 0 Å². The van der Waals surface area contributed by atoms with Gasteiger partial charge in [-0.15, -0.1) is 0 Å². The van der Waals surface area contributed by atoms with E-state index in [2.05, 4.69) is 0 Å². The molecule has 0 aromatic heterocycles. The Kier molecular flexibility index (Phi) is 3.68. The van der Waals surface area contributed by atoms with E-state index in [1.807, 2.05) is 36.4 Å². The fourth-order valence-corrected chi connectivity index (χ4v) is 0.949. The van der Waals surface area contributed by atoms with Crippen LogP contribution in [0.1, 0.15) is 12.5 Å². The molecule has 0 aliphatic carbocycles. The van der Waals surface area contributed by atoms with Crippen molar-refractivity contribution in [3.63, 3.8) is 0 Å². The van der Waals surface area contributed by atoms with E-state index in [4.69, 9.17) is 5.73 Å². The van der Waals surface area contributed by atoms with Crippen LogP contribution in [0.2, 0.25) is 0 Å². The van der Waals surface area contributed by atoms with E-state index in [0.717, 1.165) is 5.56 Å². The van der Waals surface area contributed by atoms with Gasteiger partial charge in [0.25, 0.3) is 0 Å².